The second-order valence-corrected chi connectivity index (χ2v) is 6.70. The van der Waals surface area contributed by atoms with E-state index in [1.165, 1.54) is 0 Å². The molecular weight excluding hydrogens is 234 g/mol. The minimum atomic E-state index is -5.87. The van der Waals surface area contributed by atoms with Gasteiger partial charge in [0.15, 0.2) is 0 Å². The first-order chi connectivity index (χ1) is 6.06. The van der Waals surface area contributed by atoms with Gasteiger partial charge in [-0.25, -0.2) is 0 Å². The first kappa shape index (κ1) is 14.3. The Morgan fingerprint density at radius 3 is 1.71 bits per heavy atom. The summed E-state index contributed by atoms with van der Waals surface area (Å²) in [6.45, 7) is 1.58. The fourth-order valence-electron chi connectivity index (χ4n) is 0.838. The van der Waals surface area contributed by atoms with Crippen molar-refractivity contribution in [2.45, 2.75) is 31.3 Å². The van der Waals surface area contributed by atoms with Crippen LogP contribution in [-0.2, 0) is 9.13 Å². The molecule has 0 aromatic carbocycles. The van der Waals surface area contributed by atoms with E-state index >= 15 is 0 Å². The van der Waals surface area contributed by atoms with Crippen LogP contribution in [-0.4, -0.2) is 10.2 Å². The van der Waals surface area contributed by atoms with Gasteiger partial charge >= 0.3 is 0 Å². The number of hydrogen-bond acceptors (Lipinski definition) is 7. The van der Waals surface area contributed by atoms with Gasteiger partial charge in [-0.1, -0.05) is 19.8 Å². The lowest BCUT2D eigenvalue weighted by atomic mass is 10.3. The van der Waals surface area contributed by atoms with Crippen LogP contribution >= 0.6 is 15.2 Å². The van der Waals surface area contributed by atoms with Gasteiger partial charge in [0, 0.05) is 0 Å². The Hall–Kier alpha value is 0.260. The van der Waals surface area contributed by atoms with Gasteiger partial charge < -0.3 is 33.8 Å². The van der Waals surface area contributed by atoms with E-state index in [-0.39, 0.29) is 6.42 Å². The van der Waals surface area contributed by atoms with E-state index in [1.54, 1.807) is 6.92 Å². The summed E-state index contributed by atoms with van der Waals surface area (Å²) in [4.78, 5) is 41.8. The molecule has 0 fully saturated rings. The quantitative estimate of drug-likeness (QED) is 0.532. The molecule has 0 radical (unpaired) electrons. The molecule has 0 amide bonds. The molecule has 0 aromatic heterocycles. The smallest absolute Gasteiger partial charge is 0.117 e. The van der Waals surface area contributed by atoms with Crippen LogP contribution < -0.4 is 19.6 Å². The highest BCUT2D eigenvalue weighted by atomic mass is 31.2. The molecule has 0 aliphatic heterocycles. The third-order valence-electron chi connectivity index (χ3n) is 1.74. The van der Waals surface area contributed by atoms with Gasteiger partial charge in [-0.3, -0.25) is 0 Å². The lowest BCUT2D eigenvalue weighted by molar-refractivity contribution is -0.348. The zero-order chi connectivity index (χ0) is 11.6. The molecule has 0 rings (SSSR count). The first-order valence-corrected chi connectivity index (χ1v) is 6.91. The topological polar surface area (TPSA) is 147 Å². The van der Waals surface area contributed by atoms with Crippen LogP contribution in [0.15, 0.2) is 0 Å². The monoisotopic (exact) mass is 244 g/mol. The summed E-state index contributed by atoms with van der Waals surface area (Å²) in [6, 6.07) is 0. The molecule has 7 nitrogen and oxygen atoms in total. The van der Waals surface area contributed by atoms with Crippen molar-refractivity contribution in [1.29, 1.82) is 0 Å². The first-order valence-electron chi connectivity index (χ1n) is 3.83. The minimum Gasteiger partial charge on any atom is -0.808 e. The summed E-state index contributed by atoms with van der Waals surface area (Å²) < 4.78 is 20.9. The molecule has 1 N–H and O–H groups in total. The van der Waals surface area contributed by atoms with Crippen LogP contribution in [0.1, 0.15) is 26.2 Å². The molecule has 9 heteroatoms. The SMILES string of the molecule is CCCCC(O)(P(=O)([O-])[O-])P(=O)([O-])[O-]. The molecule has 0 aliphatic rings. The summed E-state index contributed by atoms with van der Waals surface area (Å²) in [6.07, 6.45) is -0.570. The molecule has 0 bridgehead atoms. The van der Waals surface area contributed by atoms with Gasteiger partial charge in [-0.15, -0.1) is 0 Å². The second-order valence-electron chi connectivity index (χ2n) is 2.87. The maximum atomic E-state index is 10.5. The van der Waals surface area contributed by atoms with E-state index in [1.807, 2.05) is 0 Å². The van der Waals surface area contributed by atoms with Crippen molar-refractivity contribution in [3.63, 3.8) is 0 Å². The summed E-state index contributed by atoms with van der Waals surface area (Å²) >= 11 is 0. The Morgan fingerprint density at radius 1 is 1.14 bits per heavy atom. The van der Waals surface area contributed by atoms with E-state index in [9.17, 15) is 28.7 Å². The zero-order valence-corrected chi connectivity index (χ0v) is 9.20. The zero-order valence-electron chi connectivity index (χ0n) is 7.41. The van der Waals surface area contributed by atoms with Gasteiger partial charge in [0.05, 0.1) is 0 Å². The summed E-state index contributed by atoms with van der Waals surface area (Å²) in [5.41, 5.74) is 0. The van der Waals surface area contributed by atoms with Gasteiger partial charge in [-0.05, 0) is 21.6 Å². The van der Waals surface area contributed by atoms with Crippen molar-refractivity contribution in [3.8, 4) is 0 Å². The fraction of sp³-hybridized carbons (Fsp3) is 1.00. The highest BCUT2D eigenvalue weighted by Crippen LogP contribution is 2.61. The number of rotatable bonds is 5. The molecule has 0 saturated carbocycles. The van der Waals surface area contributed by atoms with E-state index in [4.69, 9.17) is 5.11 Å². The van der Waals surface area contributed by atoms with Gasteiger partial charge in [0.25, 0.3) is 0 Å². The summed E-state index contributed by atoms with van der Waals surface area (Å²) in [7, 11) is -11.7. The largest absolute Gasteiger partial charge is 0.808 e. The van der Waals surface area contributed by atoms with Crippen LogP contribution in [0.3, 0.4) is 0 Å². The predicted octanol–water partition coefficient (Wildman–Crippen LogP) is -2.35. The second kappa shape index (κ2) is 4.41. The number of hydrogen-bond donors (Lipinski definition) is 1. The lowest BCUT2D eigenvalue weighted by Crippen LogP contribution is -2.45. The minimum absolute atomic E-state index is 0.0422. The molecule has 86 valence electrons. The Bertz CT molecular complexity index is 254. The van der Waals surface area contributed by atoms with Crippen molar-refractivity contribution < 1.29 is 33.8 Å². The fourth-order valence-corrected chi connectivity index (χ4v) is 2.90. The molecular formula is C5H10O7P2-4. The van der Waals surface area contributed by atoms with Crippen molar-refractivity contribution >= 4 is 15.2 Å². The van der Waals surface area contributed by atoms with Crippen LogP contribution in [0.25, 0.3) is 0 Å². The van der Waals surface area contributed by atoms with Gasteiger partial charge in [-0.2, -0.15) is 0 Å². The van der Waals surface area contributed by atoms with E-state index < -0.39 is 26.7 Å². The van der Waals surface area contributed by atoms with E-state index in [0.717, 1.165) is 0 Å². The molecule has 0 spiro atoms. The molecule has 0 aliphatic carbocycles. The Balaban J connectivity index is 5.08. The maximum absolute atomic E-state index is 10.5. The van der Waals surface area contributed by atoms with Crippen molar-refractivity contribution in [2.24, 2.45) is 0 Å². The van der Waals surface area contributed by atoms with Crippen LogP contribution in [0.4, 0.5) is 0 Å². The molecule has 0 saturated heterocycles. The Kier molecular flexibility index (Phi) is 4.49. The summed E-state index contributed by atoms with van der Waals surface area (Å²) in [5.74, 6) is 0. The highest BCUT2D eigenvalue weighted by Gasteiger charge is 2.34. The van der Waals surface area contributed by atoms with Gasteiger partial charge in [0.2, 0.25) is 0 Å². The molecule has 0 unspecified atom stereocenters. The van der Waals surface area contributed by atoms with Crippen LogP contribution in [0.5, 0.6) is 0 Å². The van der Waals surface area contributed by atoms with Gasteiger partial charge in [0.1, 0.15) is 5.08 Å². The molecule has 14 heavy (non-hydrogen) atoms. The maximum Gasteiger partial charge on any atom is 0.117 e. The van der Waals surface area contributed by atoms with E-state index in [0.29, 0.717) is 6.42 Å². The average molecular weight is 244 g/mol. The van der Waals surface area contributed by atoms with E-state index in [2.05, 4.69) is 0 Å². The standard InChI is InChI=1S/C5H14O7P2/c1-2-3-4-5(6,13(7,8)9)14(10,11)12/h6H,2-4H2,1H3,(H2,7,8,9)(H2,10,11,12)/p-4. The normalized spacial score (nSPS) is 14.4. The lowest BCUT2D eigenvalue weighted by Gasteiger charge is -2.56. The predicted molar refractivity (Wildman–Crippen MR) is 39.7 cm³/mol. The average Bonchev–Trinajstić information content (AvgIpc) is 1.95. The highest BCUT2D eigenvalue weighted by molar-refractivity contribution is 7.69. The molecule has 0 atom stereocenters. The number of aliphatic hydroxyl groups is 1. The third-order valence-corrected chi connectivity index (χ3v) is 5.41. The number of unbranched alkanes of at least 4 members (excludes halogenated alkanes) is 1. The van der Waals surface area contributed by atoms with Crippen LogP contribution in [0.2, 0.25) is 0 Å². The summed E-state index contributed by atoms with van der Waals surface area (Å²) in [5, 5.41) is 5.35. The van der Waals surface area contributed by atoms with Crippen molar-refractivity contribution in [1.82, 2.24) is 0 Å². The van der Waals surface area contributed by atoms with Crippen molar-refractivity contribution in [2.75, 3.05) is 0 Å². The third kappa shape index (κ3) is 2.87. The Morgan fingerprint density at radius 2 is 1.50 bits per heavy atom. The Labute approximate surface area is 81.1 Å². The van der Waals surface area contributed by atoms with Crippen LogP contribution in [0, 0.1) is 0 Å². The molecule has 0 heterocycles. The van der Waals surface area contributed by atoms with Crippen molar-refractivity contribution in [3.05, 3.63) is 0 Å². The molecule has 0 aromatic rings.